The fraction of sp³-hybridized carbons (Fsp3) is 0.286. The highest BCUT2D eigenvalue weighted by Crippen LogP contribution is 2.00. The van der Waals surface area contributed by atoms with E-state index in [9.17, 15) is 8.42 Å². The summed E-state index contributed by atoms with van der Waals surface area (Å²) < 4.78 is 21.4. The van der Waals surface area contributed by atoms with Crippen molar-refractivity contribution >= 4 is 16.2 Å². The monoisotopic (exact) mass is 218 g/mol. The van der Waals surface area contributed by atoms with E-state index in [2.05, 4.69) is 11.6 Å². The Morgan fingerprint density at radius 1 is 1.50 bits per heavy atom. The van der Waals surface area contributed by atoms with Gasteiger partial charge in [-0.25, -0.2) is 18.5 Å². The number of sulfonamides is 1. The van der Waals surface area contributed by atoms with Crippen LogP contribution >= 0.6 is 0 Å². The minimum absolute atomic E-state index is 0.265. The quantitative estimate of drug-likeness (QED) is 0.602. The topological polar surface area (TPSA) is 102 Å². The van der Waals surface area contributed by atoms with Crippen LogP contribution in [0.4, 0.5) is 0 Å². The first-order chi connectivity index (χ1) is 6.29. The molecule has 0 fully saturated rings. The molecule has 0 spiro atoms. The van der Waals surface area contributed by atoms with Gasteiger partial charge in [0.2, 0.25) is 10.0 Å². The summed E-state index contributed by atoms with van der Waals surface area (Å²) in [6, 6.07) is 0. The Hall–Kier alpha value is -1.34. The van der Waals surface area contributed by atoms with Crippen LogP contribution in [0.15, 0.2) is 28.5 Å². The first-order valence-electron chi connectivity index (χ1n) is 3.64. The zero-order chi connectivity index (χ0) is 11.4. The Morgan fingerprint density at radius 2 is 2.00 bits per heavy atom. The van der Waals surface area contributed by atoms with Crippen LogP contribution in [0, 0.1) is 0 Å². The Labute approximate surface area is 83.6 Å². The standard InChI is InChI=1S/C7H14N4O2S/c1-6(14(9,12)13)5-10-7(4-8)11(2)3/h4-5H,1,8H2,2-3H3,(H2,9,12,13)/b7-4+,10-5-. The van der Waals surface area contributed by atoms with Gasteiger partial charge in [0.25, 0.3) is 0 Å². The van der Waals surface area contributed by atoms with E-state index in [-0.39, 0.29) is 4.91 Å². The first kappa shape index (κ1) is 12.7. The van der Waals surface area contributed by atoms with Crippen LogP contribution in [0.1, 0.15) is 0 Å². The molecule has 0 unspecified atom stereocenters. The average molecular weight is 218 g/mol. The van der Waals surface area contributed by atoms with E-state index in [1.165, 1.54) is 6.20 Å². The Bertz CT molecular complexity index is 367. The molecule has 0 amide bonds. The van der Waals surface area contributed by atoms with Crippen molar-refractivity contribution in [3.8, 4) is 0 Å². The lowest BCUT2D eigenvalue weighted by Gasteiger charge is -2.10. The van der Waals surface area contributed by atoms with E-state index < -0.39 is 10.0 Å². The molecule has 0 aliphatic heterocycles. The molecule has 0 radical (unpaired) electrons. The van der Waals surface area contributed by atoms with Gasteiger partial charge in [-0.15, -0.1) is 0 Å². The minimum atomic E-state index is -3.76. The number of rotatable bonds is 4. The highest BCUT2D eigenvalue weighted by atomic mass is 32.2. The number of hydrogen-bond donors (Lipinski definition) is 2. The van der Waals surface area contributed by atoms with Gasteiger partial charge in [-0.2, -0.15) is 0 Å². The van der Waals surface area contributed by atoms with Crippen molar-refractivity contribution in [3.05, 3.63) is 23.5 Å². The third-order valence-corrected chi connectivity index (χ3v) is 2.15. The van der Waals surface area contributed by atoms with Crippen LogP contribution in [0.5, 0.6) is 0 Å². The largest absolute Gasteiger partial charge is 0.402 e. The van der Waals surface area contributed by atoms with Crippen molar-refractivity contribution in [1.29, 1.82) is 0 Å². The zero-order valence-electron chi connectivity index (χ0n) is 8.14. The van der Waals surface area contributed by atoms with Crippen LogP contribution < -0.4 is 10.9 Å². The zero-order valence-corrected chi connectivity index (χ0v) is 8.95. The Balaban J connectivity index is 4.70. The summed E-state index contributed by atoms with van der Waals surface area (Å²) in [4.78, 5) is 5.14. The number of aliphatic imine (C=N–C) groups is 1. The highest BCUT2D eigenvalue weighted by molar-refractivity contribution is 7.93. The molecule has 14 heavy (non-hydrogen) atoms. The predicted molar refractivity (Wildman–Crippen MR) is 56.7 cm³/mol. The second kappa shape index (κ2) is 4.77. The fourth-order valence-electron chi connectivity index (χ4n) is 0.519. The second-order valence-electron chi connectivity index (χ2n) is 2.69. The molecule has 0 saturated carbocycles. The normalized spacial score (nSPS) is 13.2. The minimum Gasteiger partial charge on any atom is -0.402 e. The van der Waals surface area contributed by atoms with Gasteiger partial charge in [-0.1, -0.05) is 6.58 Å². The molecule has 4 N–H and O–H groups in total. The van der Waals surface area contributed by atoms with Crippen molar-refractivity contribution in [2.24, 2.45) is 15.9 Å². The molecule has 0 rings (SSSR count). The number of primary sulfonamides is 1. The van der Waals surface area contributed by atoms with Gasteiger partial charge in [-0.05, 0) is 0 Å². The first-order valence-corrected chi connectivity index (χ1v) is 5.18. The van der Waals surface area contributed by atoms with E-state index in [0.717, 1.165) is 6.21 Å². The van der Waals surface area contributed by atoms with Gasteiger partial charge in [0.05, 0.1) is 4.91 Å². The summed E-state index contributed by atoms with van der Waals surface area (Å²) in [6.45, 7) is 3.24. The van der Waals surface area contributed by atoms with Gasteiger partial charge in [0.15, 0.2) is 0 Å². The van der Waals surface area contributed by atoms with E-state index >= 15 is 0 Å². The smallest absolute Gasteiger partial charge is 0.238 e. The molecule has 0 bridgehead atoms. The van der Waals surface area contributed by atoms with Gasteiger partial charge in [0.1, 0.15) is 5.82 Å². The molecule has 7 heteroatoms. The molecule has 80 valence electrons. The molecule has 0 aliphatic rings. The molecule has 6 nitrogen and oxygen atoms in total. The van der Waals surface area contributed by atoms with Crippen molar-refractivity contribution in [1.82, 2.24) is 4.90 Å². The van der Waals surface area contributed by atoms with Gasteiger partial charge in [-0.3, -0.25) is 0 Å². The molecule has 0 aromatic rings. The summed E-state index contributed by atoms with van der Waals surface area (Å²) in [5.74, 6) is 0.412. The molecular weight excluding hydrogens is 204 g/mol. The SMILES string of the molecule is C=C(/C=N\C(=C/N)N(C)C)S(N)(=O)=O. The number of nitrogens with two attached hydrogens (primary N) is 2. The number of hydrogen-bond acceptors (Lipinski definition) is 5. The van der Waals surface area contributed by atoms with E-state index in [4.69, 9.17) is 10.9 Å². The molecular formula is C7H14N4O2S. The third kappa shape index (κ3) is 4.06. The van der Waals surface area contributed by atoms with Gasteiger partial charge in [0, 0.05) is 26.5 Å². The maximum atomic E-state index is 10.7. The van der Waals surface area contributed by atoms with Crippen LogP contribution in [0.3, 0.4) is 0 Å². The van der Waals surface area contributed by atoms with Crippen LogP contribution in [0.2, 0.25) is 0 Å². The van der Waals surface area contributed by atoms with Crippen molar-refractivity contribution in [2.75, 3.05) is 14.1 Å². The van der Waals surface area contributed by atoms with Gasteiger partial charge >= 0.3 is 0 Å². The third-order valence-electron chi connectivity index (χ3n) is 1.31. The molecule has 0 aliphatic carbocycles. The lowest BCUT2D eigenvalue weighted by atomic mass is 10.6. The van der Waals surface area contributed by atoms with Gasteiger partial charge < -0.3 is 10.6 Å². The highest BCUT2D eigenvalue weighted by Gasteiger charge is 2.05. The summed E-state index contributed by atoms with van der Waals surface area (Å²) in [5, 5.41) is 4.80. The van der Waals surface area contributed by atoms with Crippen molar-refractivity contribution < 1.29 is 8.42 Å². The van der Waals surface area contributed by atoms with Crippen molar-refractivity contribution in [3.63, 3.8) is 0 Å². The maximum Gasteiger partial charge on any atom is 0.238 e. The molecule has 0 atom stereocenters. The van der Waals surface area contributed by atoms with E-state index in [1.807, 2.05) is 0 Å². The number of allylic oxidation sites excluding steroid dienone is 1. The predicted octanol–water partition coefficient (Wildman–Crippen LogP) is -0.821. The fourth-order valence-corrected chi connectivity index (χ4v) is 0.719. The lowest BCUT2D eigenvalue weighted by Crippen LogP contribution is -2.16. The summed E-state index contributed by atoms with van der Waals surface area (Å²) in [5.41, 5.74) is 5.24. The van der Waals surface area contributed by atoms with E-state index in [1.54, 1.807) is 19.0 Å². The van der Waals surface area contributed by atoms with Crippen LogP contribution in [0.25, 0.3) is 0 Å². The average Bonchev–Trinajstić information content (AvgIpc) is 2.02. The second-order valence-corrected chi connectivity index (χ2v) is 4.30. The molecule has 0 aromatic carbocycles. The summed E-state index contributed by atoms with van der Waals surface area (Å²) >= 11 is 0. The van der Waals surface area contributed by atoms with Crippen LogP contribution in [-0.4, -0.2) is 33.6 Å². The van der Waals surface area contributed by atoms with Crippen molar-refractivity contribution in [2.45, 2.75) is 0 Å². The summed E-state index contributed by atoms with van der Waals surface area (Å²) in [6.07, 6.45) is 2.29. The molecule has 0 aromatic heterocycles. The van der Waals surface area contributed by atoms with Crippen LogP contribution in [-0.2, 0) is 10.0 Å². The maximum absolute atomic E-state index is 10.7. The Kier molecular flexibility index (Phi) is 4.32. The summed E-state index contributed by atoms with van der Waals surface area (Å²) in [7, 11) is -0.327. The van der Waals surface area contributed by atoms with E-state index in [0.29, 0.717) is 5.82 Å². The molecule has 0 saturated heterocycles. The lowest BCUT2D eigenvalue weighted by molar-refractivity contribution is 0.505. The molecule has 0 heterocycles. The number of nitrogens with zero attached hydrogens (tertiary/aromatic N) is 2. The Morgan fingerprint density at radius 3 is 2.29 bits per heavy atom.